The molecule has 0 aliphatic carbocycles. The minimum Gasteiger partial charge on any atom is -0.369 e. The second-order valence-electron chi connectivity index (χ2n) is 2.82. The molecule has 0 aliphatic heterocycles. The number of benzene rings is 1. The smallest absolute Gasteiger partial charge is 0.155 e. The monoisotopic (exact) mass is 198 g/mol. The van der Waals surface area contributed by atoms with Crippen molar-refractivity contribution in [3.63, 3.8) is 0 Å². The van der Waals surface area contributed by atoms with Gasteiger partial charge in [0.2, 0.25) is 0 Å². The first-order valence-corrected chi connectivity index (χ1v) is 4.38. The van der Waals surface area contributed by atoms with Gasteiger partial charge in [-0.25, -0.2) is 0 Å². The van der Waals surface area contributed by atoms with Gasteiger partial charge in [0.15, 0.2) is 5.78 Å². The molecule has 0 heterocycles. The molecule has 0 saturated carbocycles. The summed E-state index contributed by atoms with van der Waals surface area (Å²) in [6.07, 6.45) is 0. The third-order valence-corrected chi connectivity index (χ3v) is 1.74. The van der Waals surface area contributed by atoms with Gasteiger partial charge in [0.1, 0.15) is 6.61 Å². The van der Waals surface area contributed by atoms with E-state index in [1.807, 2.05) is 12.1 Å². The van der Waals surface area contributed by atoms with Gasteiger partial charge in [0, 0.05) is 5.02 Å². The summed E-state index contributed by atoms with van der Waals surface area (Å²) in [7, 11) is 0. The van der Waals surface area contributed by atoms with E-state index in [2.05, 4.69) is 0 Å². The molecule has 0 fully saturated rings. The van der Waals surface area contributed by atoms with Crippen molar-refractivity contribution in [2.45, 2.75) is 13.5 Å². The summed E-state index contributed by atoms with van der Waals surface area (Å²) in [6.45, 7) is 2.13. The number of halogens is 1. The number of hydrogen-bond donors (Lipinski definition) is 0. The van der Waals surface area contributed by atoms with Gasteiger partial charge in [-0.3, -0.25) is 4.79 Å². The number of Topliss-reactive ketones (excluding diaryl/α,β-unsaturated/α-hetero) is 1. The van der Waals surface area contributed by atoms with Crippen molar-refractivity contribution in [2.24, 2.45) is 0 Å². The van der Waals surface area contributed by atoms with E-state index in [9.17, 15) is 4.79 Å². The molecule has 0 atom stereocenters. The van der Waals surface area contributed by atoms with Crippen LogP contribution in [0.4, 0.5) is 0 Å². The Hall–Kier alpha value is -0.860. The van der Waals surface area contributed by atoms with E-state index >= 15 is 0 Å². The summed E-state index contributed by atoms with van der Waals surface area (Å²) >= 11 is 5.70. The largest absolute Gasteiger partial charge is 0.369 e. The molecule has 0 aliphatic rings. The van der Waals surface area contributed by atoms with Gasteiger partial charge in [0.25, 0.3) is 0 Å². The van der Waals surface area contributed by atoms with Crippen LogP contribution in [0.2, 0.25) is 5.02 Å². The van der Waals surface area contributed by atoms with E-state index in [1.54, 1.807) is 12.1 Å². The Bertz CT molecular complexity index is 279. The van der Waals surface area contributed by atoms with Crippen molar-refractivity contribution in [3.05, 3.63) is 34.9 Å². The van der Waals surface area contributed by atoms with E-state index in [0.29, 0.717) is 11.6 Å². The van der Waals surface area contributed by atoms with E-state index < -0.39 is 0 Å². The van der Waals surface area contributed by atoms with Gasteiger partial charge in [-0.15, -0.1) is 0 Å². The molecule has 0 radical (unpaired) electrons. The van der Waals surface area contributed by atoms with Crippen LogP contribution < -0.4 is 0 Å². The number of hydrogen-bond acceptors (Lipinski definition) is 2. The maximum absolute atomic E-state index is 10.5. The summed E-state index contributed by atoms with van der Waals surface area (Å²) in [5.41, 5.74) is 1.02. The molecule has 0 aromatic heterocycles. The van der Waals surface area contributed by atoms with Crippen LogP contribution in [0.1, 0.15) is 12.5 Å². The van der Waals surface area contributed by atoms with Crippen LogP contribution in [-0.4, -0.2) is 12.4 Å². The highest BCUT2D eigenvalue weighted by molar-refractivity contribution is 6.30. The standard InChI is InChI=1S/C10H11ClO2/c1-8(12)6-13-7-9-2-4-10(11)5-3-9/h2-5H,6-7H2,1H3. The molecule has 0 N–H and O–H groups in total. The predicted molar refractivity (Wildman–Crippen MR) is 51.8 cm³/mol. The first-order chi connectivity index (χ1) is 6.18. The van der Waals surface area contributed by atoms with Gasteiger partial charge in [-0.2, -0.15) is 0 Å². The van der Waals surface area contributed by atoms with Crippen molar-refractivity contribution in [1.82, 2.24) is 0 Å². The molecule has 70 valence electrons. The molecule has 1 rings (SSSR count). The van der Waals surface area contributed by atoms with Gasteiger partial charge in [-0.05, 0) is 24.6 Å². The van der Waals surface area contributed by atoms with Crippen molar-refractivity contribution in [3.8, 4) is 0 Å². The summed E-state index contributed by atoms with van der Waals surface area (Å²) in [5.74, 6) is 0.0361. The molecule has 0 unspecified atom stereocenters. The molecule has 3 heteroatoms. The summed E-state index contributed by atoms with van der Waals surface area (Å²) in [5, 5.41) is 0.704. The van der Waals surface area contributed by atoms with Crippen molar-refractivity contribution in [1.29, 1.82) is 0 Å². The van der Waals surface area contributed by atoms with Crippen LogP contribution in [-0.2, 0) is 16.1 Å². The topological polar surface area (TPSA) is 26.3 Å². The third kappa shape index (κ3) is 4.06. The summed E-state index contributed by atoms with van der Waals surface area (Å²) < 4.78 is 5.13. The first-order valence-electron chi connectivity index (χ1n) is 4.00. The number of ketones is 1. The zero-order valence-electron chi connectivity index (χ0n) is 7.42. The fourth-order valence-electron chi connectivity index (χ4n) is 0.893. The van der Waals surface area contributed by atoms with Crippen molar-refractivity contribution >= 4 is 17.4 Å². The van der Waals surface area contributed by atoms with Gasteiger partial charge in [-0.1, -0.05) is 23.7 Å². The van der Waals surface area contributed by atoms with E-state index in [0.717, 1.165) is 5.56 Å². The first kappa shape index (κ1) is 10.2. The molecule has 0 saturated heterocycles. The highest BCUT2D eigenvalue weighted by Gasteiger charge is 1.95. The number of rotatable bonds is 4. The Morgan fingerprint density at radius 3 is 2.54 bits per heavy atom. The highest BCUT2D eigenvalue weighted by atomic mass is 35.5. The minimum atomic E-state index is 0.0361. The van der Waals surface area contributed by atoms with E-state index in [1.165, 1.54) is 6.92 Å². The lowest BCUT2D eigenvalue weighted by atomic mass is 10.2. The molecule has 0 spiro atoms. The van der Waals surface area contributed by atoms with Crippen LogP contribution >= 0.6 is 11.6 Å². The molecular formula is C10H11ClO2. The lowest BCUT2D eigenvalue weighted by Crippen LogP contribution is -2.03. The average Bonchev–Trinajstić information content (AvgIpc) is 2.08. The van der Waals surface area contributed by atoms with Crippen LogP contribution in [0, 0.1) is 0 Å². The zero-order valence-corrected chi connectivity index (χ0v) is 8.17. The van der Waals surface area contributed by atoms with Gasteiger partial charge in [0.05, 0.1) is 6.61 Å². The number of ether oxygens (including phenoxy) is 1. The highest BCUT2D eigenvalue weighted by Crippen LogP contribution is 2.09. The summed E-state index contributed by atoms with van der Waals surface area (Å²) in [4.78, 5) is 10.5. The van der Waals surface area contributed by atoms with Crippen LogP contribution in [0.5, 0.6) is 0 Å². The lowest BCUT2D eigenvalue weighted by molar-refractivity contribution is -0.121. The third-order valence-electron chi connectivity index (χ3n) is 1.49. The van der Waals surface area contributed by atoms with Crippen LogP contribution in [0.3, 0.4) is 0 Å². The predicted octanol–water partition coefficient (Wildman–Crippen LogP) is 2.45. The molecule has 2 nitrogen and oxygen atoms in total. The maximum Gasteiger partial charge on any atom is 0.155 e. The van der Waals surface area contributed by atoms with Crippen LogP contribution in [0.25, 0.3) is 0 Å². The van der Waals surface area contributed by atoms with E-state index in [-0.39, 0.29) is 12.4 Å². The number of carbonyl (C=O) groups is 1. The van der Waals surface area contributed by atoms with Crippen molar-refractivity contribution < 1.29 is 9.53 Å². The minimum absolute atomic E-state index is 0.0361. The Balaban J connectivity index is 2.37. The Kier molecular flexibility index (Phi) is 3.93. The number of carbonyl (C=O) groups excluding carboxylic acids is 1. The van der Waals surface area contributed by atoms with Crippen LogP contribution in [0.15, 0.2) is 24.3 Å². The fraction of sp³-hybridized carbons (Fsp3) is 0.300. The average molecular weight is 199 g/mol. The Morgan fingerprint density at radius 2 is 2.00 bits per heavy atom. The maximum atomic E-state index is 10.5. The molecule has 0 bridgehead atoms. The molecule has 13 heavy (non-hydrogen) atoms. The van der Waals surface area contributed by atoms with Gasteiger partial charge >= 0.3 is 0 Å². The van der Waals surface area contributed by atoms with Gasteiger partial charge < -0.3 is 4.74 Å². The summed E-state index contributed by atoms with van der Waals surface area (Å²) in [6, 6.07) is 7.35. The normalized spacial score (nSPS) is 10.0. The molecule has 1 aromatic carbocycles. The lowest BCUT2D eigenvalue weighted by Gasteiger charge is -2.01. The fourth-order valence-corrected chi connectivity index (χ4v) is 1.02. The quantitative estimate of drug-likeness (QED) is 0.743. The van der Waals surface area contributed by atoms with E-state index in [4.69, 9.17) is 16.3 Å². The zero-order chi connectivity index (χ0) is 9.68. The molecule has 0 amide bonds. The Labute approximate surface area is 82.5 Å². The second-order valence-corrected chi connectivity index (χ2v) is 3.26. The molecule has 1 aromatic rings. The SMILES string of the molecule is CC(=O)COCc1ccc(Cl)cc1. The Morgan fingerprint density at radius 1 is 1.38 bits per heavy atom. The van der Waals surface area contributed by atoms with Crippen molar-refractivity contribution in [2.75, 3.05) is 6.61 Å². The molecular weight excluding hydrogens is 188 g/mol. The second kappa shape index (κ2) is 5.00.